The van der Waals surface area contributed by atoms with E-state index in [2.05, 4.69) is 30.8 Å². The minimum Gasteiger partial charge on any atom is -0.494 e. The molecule has 0 saturated carbocycles. The molecule has 0 aliphatic carbocycles. The Morgan fingerprint density at radius 2 is 1.85 bits per heavy atom. The van der Waals surface area contributed by atoms with Crippen molar-refractivity contribution < 1.29 is 13.9 Å². The first-order chi connectivity index (χ1) is 16.0. The summed E-state index contributed by atoms with van der Waals surface area (Å²) in [5.41, 5.74) is 1.73. The van der Waals surface area contributed by atoms with Gasteiger partial charge in [0.15, 0.2) is 23.3 Å². The molecule has 1 aliphatic heterocycles. The maximum Gasteiger partial charge on any atom is 0.227 e. The number of ether oxygens (including phenoxy) is 2. The molecule has 2 aromatic heterocycles. The van der Waals surface area contributed by atoms with E-state index in [1.165, 1.54) is 0 Å². The molecule has 0 bridgehead atoms. The third-order valence-corrected chi connectivity index (χ3v) is 5.19. The zero-order valence-corrected chi connectivity index (χ0v) is 19.2. The summed E-state index contributed by atoms with van der Waals surface area (Å²) in [5.74, 6) is 1.66. The van der Waals surface area contributed by atoms with Gasteiger partial charge in [-0.25, -0.2) is 9.37 Å². The summed E-state index contributed by atoms with van der Waals surface area (Å²) in [4.78, 5) is 10.6. The molecule has 174 valence electrons. The lowest BCUT2D eigenvalue weighted by molar-refractivity contribution is -0.00572. The van der Waals surface area contributed by atoms with Crippen molar-refractivity contribution in [1.82, 2.24) is 20.2 Å². The fraction of sp³-hybridized carbons (Fsp3) is 0.391. The van der Waals surface area contributed by atoms with Gasteiger partial charge in [0.2, 0.25) is 5.95 Å². The summed E-state index contributed by atoms with van der Waals surface area (Å²) in [6, 6.07) is 9.47. The van der Waals surface area contributed by atoms with Crippen molar-refractivity contribution in [3.63, 3.8) is 0 Å². The van der Waals surface area contributed by atoms with Crippen LogP contribution in [0.25, 0.3) is 11.1 Å². The van der Waals surface area contributed by atoms with E-state index in [9.17, 15) is 4.39 Å². The highest BCUT2D eigenvalue weighted by molar-refractivity contribution is 5.78. The number of nitrogens with zero attached hydrogens (tertiary/aromatic N) is 5. The van der Waals surface area contributed by atoms with Crippen LogP contribution in [0.15, 0.2) is 36.5 Å². The van der Waals surface area contributed by atoms with Gasteiger partial charge in [0.1, 0.15) is 5.75 Å². The Labute approximate surface area is 192 Å². The van der Waals surface area contributed by atoms with Gasteiger partial charge in [-0.05, 0) is 44.5 Å². The highest BCUT2D eigenvalue weighted by atomic mass is 19.1. The average molecular weight is 454 g/mol. The minimum absolute atomic E-state index is 0.0374. The largest absolute Gasteiger partial charge is 0.494 e. The number of aromatic nitrogens is 4. The van der Waals surface area contributed by atoms with Crippen molar-refractivity contribution in [3.8, 4) is 16.9 Å². The maximum atomic E-state index is 14.6. The van der Waals surface area contributed by atoms with Crippen LogP contribution >= 0.6 is 0 Å². The monoisotopic (exact) mass is 453 g/mol. The highest BCUT2D eigenvalue weighted by Gasteiger charge is 2.25. The predicted molar refractivity (Wildman–Crippen MR) is 126 cm³/mol. The molecule has 0 amide bonds. The number of hydrogen-bond acceptors (Lipinski definition) is 9. The van der Waals surface area contributed by atoms with Gasteiger partial charge in [-0.1, -0.05) is 12.1 Å². The van der Waals surface area contributed by atoms with E-state index in [1.54, 1.807) is 13.1 Å². The summed E-state index contributed by atoms with van der Waals surface area (Å²) in [6.45, 7) is 7.79. The van der Waals surface area contributed by atoms with Crippen LogP contribution in [0.4, 0.5) is 27.8 Å². The van der Waals surface area contributed by atoms with Crippen LogP contribution in [0.3, 0.4) is 0 Å². The smallest absolute Gasteiger partial charge is 0.227 e. The van der Waals surface area contributed by atoms with Crippen molar-refractivity contribution in [2.24, 2.45) is 0 Å². The fourth-order valence-electron chi connectivity index (χ4n) is 3.82. The van der Waals surface area contributed by atoms with Gasteiger partial charge in [0.05, 0.1) is 25.0 Å². The molecule has 0 spiro atoms. The molecule has 1 aromatic carbocycles. The Morgan fingerprint density at radius 3 is 2.52 bits per heavy atom. The third kappa shape index (κ3) is 5.28. The summed E-state index contributed by atoms with van der Waals surface area (Å²) >= 11 is 0. The van der Waals surface area contributed by atoms with E-state index < -0.39 is 5.82 Å². The molecule has 1 fully saturated rings. The van der Waals surface area contributed by atoms with Crippen LogP contribution in [0.1, 0.15) is 20.8 Å². The number of morpholine rings is 1. The van der Waals surface area contributed by atoms with Gasteiger partial charge >= 0.3 is 0 Å². The number of nitrogens with one attached hydrogen (secondary N) is 2. The molecule has 10 heteroatoms. The molecule has 1 aliphatic rings. The molecule has 0 radical (unpaired) electrons. The number of hydrogen-bond donors (Lipinski definition) is 2. The Balaban J connectivity index is 1.61. The zero-order valence-electron chi connectivity index (χ0n) is 19.2. The zero-order chi connectivity index (χ0) is 23.4. The van der Waals surface area contributed by atoms with E-state index in [0.717, 1.165) is 23.1 Å². The molecule has 4 rings (SSSR count). The van der Waals surface area contributed by atoms with Gasteiger partial charge in [0.25, 0.3) is 0 Å². The molecule has 2 atom stereocenters. The molecule has 2 N–H and O–H groups in total. The number of anilines is 4. The van der Waals surface area contributed by atoms with Gasteiger partial charge in [-0.3, -0.25) is 0 Å². The Kier molecular flexibility index (Phi) is 6.83. The van der Waals surface area contributed by atoms with Crippen LogP contribution < -0.4 is 20.3 Å². The van der Waals surface area contributed by atoms with Crippen molar-refractivity contribution >= 4 is 23.4 Å². The summed E-state index contributed by atoms with van der Waals surface area (Å²) in [6.07, 6.45) is 1.24. The van der Waals surface area contributed by atoms with E-state index in [1.807, 2.05) is 49.9 Å². The first-order valence-electron chi connectivity index (χ1n) is 11.0. The van der Waals surface area contributed by atoms with Crippen molar-refractivity contribution in [2.45, 2.75) is 33.0 Å². The lowest BCUT2D eigenvalue weighted by Crippen LogP contribution is -2.46. The van der Waals surface area contributed by atoms with E-state index in [0.29, 0.717) is 37.3 Å². The van der Waals surface area contributed by atoms with Gasteiger partial charge < -0.3 is 25.0 Å². The van der Waals surface area contributed by atoms with Crippen molar-refractivity contribution in [1.29, 1.82) is 0 Å². The van der Waals surface area contributed by atoms with Gasteiger partial charge in [-0.15, -0.1) is 10.2 Å². The lowest BCUT2D eigenvalue weighted by Gasteiger charge is -2.35. The molecule has 33 heavy (non-hydrogen) atoms. The molecule has 9 nitrogen and oxygen atoms in total. The Hall–Kier alpha value is -3.53. The minimum atomic E-state index is -0.574. The number of rotatable bonds is 7. The van der Waals surface area contributed by atoms with Crippen LogP contribution in [0.5, 0.6) is 5.75 Å². The summed E-state index contributed by atoms with van der Waals surface area (Å²) in [5, 5.41) is 14.4. The molecular weight excluding hydrogens is 425 g/mol. The standard InChI is InChI=1S/C23H28FN7O2/c1-5-32-17-8-6-16(7-9-17)18-10-20(29-30-21(18)25-4)27-22-19(24)11-26-23(28-22)31-12-14(2)33-15(3)13-31/h6-11,14-15H,5,12-13H2,1-4H3,(H,25,30)(H,26,27,28,29)/t14-,15+. The topological polar surface area (TPSA) is 97.3 Å². The Morgan fingerprint density at radius 1 is 1.12 bits per heavy atom. The van der Waals surface area contributed by atoms with Crippen molar-refractivity contribution in [2.75, 3.05) is 42.3 Å². The van der Waals surface area contributed by atoms with Gasteiger partial charge in [0, 0.05) is 25.7 Å². The lowest BCUT2D eigenvalue weighted by atomic mass is 10.1. The summed E-state index contributed by atoms with van der Waals surface area (Å²) < 4.78 is 25.8. The van der Waals surface area contributed by atoms with Crippen LogP contribution in [0, 0.1) is 5.82 Å². The molecule has 0 unspecified atom stereocenters. The van der Waals surface area contributed by atoms with Crippen LogP contribution in [-0.4, -0.2) is 59.1 Å². The van der Waals surface area contributed by atoms with Crippen LogP contribution in [-0.2, 0) is 4.74 Å². The first kappa shape index (κ1) is 22.7. The predicted octanol–water partition coefficient (Wildman–Crippen LogP) is 3.87. The Bertz CT molecular complexity index is 1090. The third-order valence-electron chi connectivity index (χ3n) is 5.19. The molecule has 1 saturated heterocycles. The van der Waals surface area contributed by atoms with Crippen molar-refractivity contribution in [3.05, 3.63) is 42.3 Å². The number of benzene rings is 1. The second kappa shape index (κ2) is 9.95. The van der Waals surface area contributed by atoms with Gasteiger partial charge in [-0.2, -0.15) is 4.98 Å². The van der Waals surface area contributed by atoms with Crippen LogP contribution in [0.2, 0.25) is 0 Å². The van der Waals surface area contributed by atoms with E-state index in [4.69, 9.17) is 9.47 Å². The summed E-state index contributed by atoms with van der Waals surface area (Å²) in [7, 11) is 1.77. The normalized spacial score (nSPS) is 18.2. The molecule has 3 aromatic rings. The first-order valence-corrected chi connectivity index (χ1v) is 11.0. The maximum absolute atomic E-state index is 14.6. The quantitative estimate of drug-likeness (QED) is 0.552. The van der Waals surface area contributed by atoms with E-state index in [-0.39, 0.29) is 18.0 Å². The highest BCUT2D eigenvalue weighted by Crippen LogP contribution is 2.30. The fourth-order valence-corrected chi connectivity index (χ4v) is 3.82. The second-order valence-electron chi connectivity index (χ2n) is 7.85. The molecule has 3 heterocycles. The number of halogens is 1. The van der Waals surface area contributed by atoms with E-state index >= 15 is 0 Å². The SMILES string of the molecule is CCOc1ccc(-c2cc(Nc3nc(N4C[C@@H](C)O[C@@H](C)C4)ncc3F)nnc2NC)cc1. The molecular formula is C23H28FN7O2. The average Bonchev–Trinajstić information content (AvgIpc) is 2.80. The second-order valence-corrected chi connectivity index (χ2v) is 7.85.